The van der Waals surface area contributed by atoms with Gasteiger partial charge >= 0.3 is 0 Å². The second kappa shape index (κ2) is 9.84. The van der Waals surface area contributed by atoms with Crippen LogP contribution in [0.15, 0.2) is 78.0 Å². The quantitative estimate of drug-likeness (QED) is 0.364. The Kier molecular flexibility index (Phi) is 6.72. The molecule has 0 unspecified atom stereocenters. The van der Waals surface area contributed by atoms with Crippen molar-refractivity contribution >= 4 is 35.0 Å². The van der Waals surface area contributed by atoms with E-state index in [1.165, 1.54) is 30.0 Å². The molecule has 1 amide bonds. The maximum absolute atomic E-state index is 13.4. The number of rotatable bonds is 7. The first-order chi connectivity index (χ1) is 15.5. The van der Waals surface area contributed by atoms with Crippen LogP contribution in [0.3, 0.4) is 0 Å². The zero-order valence-corrected chi connectivity index (χ0v) is 18.5. The van der Waals surface area contributed by atoms with Gasteiger partial charge in [0.25, 0.3) is 0 Å². The zero-order valence-electron chi connectivity index (χ0n) is 17.0. The highest BCUT2D eigenvalue weighted by atomic mass is 35.5. The van der Waals surface area contributed by atoms with Crippen LogP contribution in [0.2, 0.25) is 5.02 Å². The van der Waals surface area contributed by atoms with Crippen molar-refractivity contribution in [1.29, 1.82) is 0 Å². The second-order valence-electron chi connectivity index (χ2n) is 6.67. The van der Waals surface area contributed by atoms with E-state index in [9.17, 15) is 9.18 Å². The van der Waals surface area contributed by atoms with Crippen molar-refractivity contribution in [1.82, 2.24) is 14.8 Å². The molecule has 0 aliphatic carbocycles. The summed E-state index contributed by atoms with van der Waals surface area (Å²) in [4.78, 5) is 12.4. The SMILES string of the molecule is COc1ccc(-n2c(SCC(=O)Nc3cccc(F)c3)nnc2-c2ccccc2Cl)cc1. The van der Waals surface area contributed by atoms with Gasteiger partial charge in [-0.2, -0.15) is 0 Å². The van der Waals surface area contributed by atoms with Gasteiger partial charge in [0, 0.05) is 16.9 Å². The Balaban J connectivity index is 1.62. The van der Waals surface area contributed by atoms with Crippen molar-refractivity contribution in [3.8, 4) is 22.8 Å². The number of methoxy groups -OCH3 is 1. The van der Waals surface area contributed by atoms with Crippen LogP contribution < -0.4 is 10.1 Å². The van der Waals surface area contributed by atoms with Gasteiger partial charge in [0.15, 0.2) is 11.0 Å². The van der Waals surface area contributed by atoms with E-state index >= 15 is 0 Å². The fourth-order valence-electron chi connectivity index (χ4n) is 3.04. The number of carbonyl (C=O) groups is 1. The number of aromatic nitrogens is 3. The number of halogens is 2. The van der Waals surface area contributed by atoms with Crippen LogP contribution in [0.5, 0.6) is 5.75 Å². The Morgan fingerprint density at radius 2 is 1.88 bits per heavy atom. The van der Waals surface area contributed by atoms with Crippen LogP contribution in [0, 0.1) is 5.82 Å². The molecule has 0 aliphatic rings. The number of carbonyl (C=O) groups excluding carboxylic acids is 1. The summed E-state index contributed by atoms with van der Waals surface area (Å²) in [6.45, 7) is 0. The average Bonchev–Trinajstić information content (AvgIpc) is 3.22. The molecule has 0 aliphatic heterocycles. The molecule has 32 heavy (non-hydrogen) atoms. The van der Waals surface area contributed by atoms with Crippen LogP contribution in [0.25, 0.3) is 17.1 Å². The Morgan fingerprint density at radius 1 is 1.09 bits per heavy atom. The Morgan fingerprint density at radius 3 is 2.59 bits per heavy atom. The number of thioether (sulfide) groups is 1. The highest BCUT2D eigenvalue weighted by Gasteiger charge is 2.19. The number of nitrogens with zero attached hydrogens (tertiary/aromatic N) is 3. The number of hydrogen-bond donors (Lipinski definition) is 1. The van der Waals surface area contributed by atoms with E-state index in [4.69, 9.17) is 16.3 Å². The molecule has 3 aromatic carbocycles. The van der Waals surface area contributed by atoms with Crippen LogP contribution in [-0.2, 0) is 4.79 Å². The first-order valence-electron chi connectivity index (χ1n) is 9.58. The Bertz CT molecular complexity index is 1250. The number of benzene rings is 3. The van der Waals surface area contributed by atoms with Gasteiger partial charge in [-0.25, -0.2) is 4.39 Å². The Labute approximate surface area is 193 Å². The van der Waals surface area contributed by atoms with Crippen LogP contribution in [0.4, 0.5) is 10.1 Å². The molecular weight excluding hydrogens is 451 g/mol. The third-order valence-electron chi connectivity index (χ3n) is 4.52. The molecule has 4 rings (SSSR count). The van der Waals surface area contributed by atoms with Crippen molar-refractivity contribution in [2.45, 2.75) is 5.16 Å². The molecule has 162 valence electrons. The lowest BCUT2D eigenvalue weighted by Crippen LogP contribution is -2.14. The minimum Gasteiger partial charge on any atom is -0.497 e. The van der Waals surface area contributed by atoms with Crippen LogP contribution >= 0.6 is 23.4 Å². The summed E-state index contributed by atoms with van der Waals surface area (Å²) in [5, 5.41) is 12.4. The monoisotopic (exact) mass is 468 g/mol. The molecule has 0 fully saturated rings. The number of nitrogens with one attached hydrogen (secondary N) is 1. The van der Waals surface area contributed by atoms with E-state index in [0.29, 0.717) is 33.0 Å². The Hall–Kier alpha value is -3.36. The molecule has 0 saturated heterocycles. The topological polar surface area (TPSA) is 69.0 Å². The average molecular weight is 469 g/mol. The van der Waals surface area contributed by atoms with Gasteiger partial charge in [0.1, 0.15) is 11.6 Å². The van der Waals surface area contributed by atoms with Crippen molar-refractivity contribution in [3.05, 3.63) is 83.6 Å². The van der Waals surface area contributed by atoms with E-state index in [-0.39, 0.29) is 11.7 Å². The predicted octanol–water partition coefficient (Wildman–Crippen LogP) is 5.47. The van der Waals surface area contributed by atoms with Gasteiger partial charge < -0.3 is 10.1 Å². The van der Waals surface area contributed by atoms with E-state index in [0.717, 1.165) is 5.69 Å². The fourth-order valence-corrected chi connectivity index (χ4v) is 4.01. The van der Waals surface area contributed by atoms with E-state index in [2.05, 4.69) is 15.5 Å². The van der Waals surface area contributed by atoms with E-state index in [1.807, 2.05) is 47.0 Å². The number of amides is 1. The van der Waals surface area contributed by atoms with Crippen molar-refractivity contribution in [3.63, 3.8) is 0 Å². The molecule has 0 spiro atoms. The highest BCUT2D eigenvalue weighted by Crippen LogP contribution is 2.32. The molecule has 0 radical (unpaired) electrons. The van der Waals surface area contributed by atoms with Crippen molar-refractivity contribution < 1.29 is 13.9 Å². The molecule has 0 atom stereocenters. The molecule has 4 aromatic rings. The standard InChI is InChI=1S/C23H18ClFN4O2S/c1-31-18-11-9-17(10-12-18)29-22(19-7-2-3-8-20(19)24)27-28-23(29)32-14-21(30)26-16-6-4-5-15(25)13-16/h2-13H,14H2,1H3,(H,26,30). The summed E-state index contributed by atoms with van der Waals surface area (Å²) in [5.41, 5.74) is 1.90. The summed E-state index contributed by atoms with van der Waals surface area (Å²) in [5.74, 6) is 0.620. The van der Waals surface area contributed by atoms with Gasteiger partial charge in [-0.1, -0.05) is 41.6 Å². The lowest BCUT2D eigenvalue weighted by molar-refractivity contribution is -0.113. The molecule has 1 N–H and O–H groups in total. The maximum Gasteiger partial charge on any atom is 0.234 e. The molecule has 0 saturated carbocycles. The predicted molar refractivity (Wildman–Crippen MR) is 124 cm³/mol. The molecule has 0 bridgehead atoms. The van der Waals surface area contributed by atoms with Gasteiger partial charge in [0.2, 0.25) is 5.91 Å². The smallest absolute Gasteiger partial charge is 0.234 e. The van der Waals surface area contributed by atoms with Gasteiger partial charge in [-0.15, -0.1) is 10.2 Å². The molecule has 1 heterocycles. The number of hydrogen-bond acceptors (Lipinski definition) is 5. The fraction of sp³-hybridized carbons (Fsp3) is 0.0870. The first kappa shape index (κ1) is 21.9. The molecular formula is C23H18ClFN4O2S. The van der Waals surface area contributed by atoms with Gasteiger partial charge in [0.05, 0.1) is 17.9 Å². The lowest BCUT2D eigenvalue weighted by atomic mass is 10.2. The van der Waals surface area contributed by atoms with Crippen molar-refractivity contribution in [2.24, 2.45) is 0 Å². The zero-order chi connectivity index (χ0) is 22.5. The maximum atomic E-state index is 13.4. The van der Waals surface area contributed by atoms with Crippen LogP contribution in [-0.4, -0.2) is 33.5 Å². The highest BCUT2D eigenvalue weighted by molar-refractivity contribution is 7.99. The number of anilines is 1. The lowest BCUT2D eigenvalue weighted by Gasteiger charge is -2.12. The third kappa shape index (κ3) is 4.92. The minimum absolute atomic E-state index is 0.0628. The van der Waals surface area contributed by atoms with Gasteiger partial charge in [-0.3, -0.25) is 9.36 Å². The third-order valence-corrected chi connectivity index (χ3v) is 5.78. The molecule has 6 nitrogen and oxygen atoms in total. The van der Waals surface area contributed by atoms with Crippen molar-refractivity contribution in [2.75, 3.05) is 18.2 Å². The normalized spacial score (nSPS) is 10.7. The second-order valence-corrected chi connectivity index (χ2v) is 8.02. The molecule has 9 heteroatoms. The van der Waals surface area contributed by atoms with Gasteiger partial charge in [-0.05, 0) is 54.6 Å². The first-order valence-corrected chi connectivity index (χ1v) is 10.9. The number of ether oxygens (including phenoxy) is 1. The van der Waals surface area contributed by atoms with Crippen LogP contribution in [0.1, 0.15) is 0 Å². The minimum atomic E-state index is -0.418. The van der Waals surface area contributed by atoms with E-state index < -0.39 is 5.82 Å². The summed E-state index contributed by atoms with van der Waals surface area (Å²) < 4.78 is 20.4. The van der Waals surface area contributed by atoms with E-state index in [1.54, 1.807) is 19.2 Å². The summed E-state index contributed by atoms with van der Waals surface area (Å²) >= 11 is 7.62. The summed E-state index contributed by atoms with van der Waals surface area (Å²) in [6, 6.07) is 20.5. The summed E-state index contributed by atoms with van der Waals surface area (Å²) in [6.07, 6.45) is 0. The summed E-state index contributed by atoms with van der Waals surface area (Å²) in [7, 11) is 1.60. The molecule has 1 aromatic heterocycles. The largest absolute Gasteiger partial charge is 0.497 e.